The molecule has 0 spiro atoms. The van der Waals surface area contributed by atoms with E-state index >= 15 is 0 Å². The van der Waals surface area contributed by atoms with Crippen LogP contribution in [0.5, 0.6) is 11.5 Å². The quantitative estimate of drug-likeness (QED) is 0.226. The summed E-state index contributed by atoms with van der Waals surface area (Å²) in [7, 11) is 1.44. The fourth-order valence-electron chi connectivity index (χ4n) is 8.07. The van der Waals surface area contributed by atoms with Gasteiger partial charge in [0.1, 0.15) is 5.82 Å². The van der Waals surface area contributed by atoms with E-state index in [4.69, 9.17) is 27.9 Å². The van der Waals surface area contributed by atoms with Crippen LogP contribution < -0.4 is 14.5 Å². The third kappa shape index (κ3) is 4.70. The number of halogens is 3. The summed E-state index contributed by atoms with van der Waals surface area (Å²) in [6, 6.07) is 13.6. The van der Waals surface area contributed by atoms with Gasteiger partial charge < -0.3 is 9.84 Å². The first-order chi connectivity index (χ1) is 22.9. The first-order valence-corrected chi connectivity index (χ1v) is 16.3. The lowest BCUT2D eigenvalue weighted by Crippen LogP contribution is -2.49. The number of hydrogen-bond donors (Lipinski definition) is 1. The van der Waals surface area contributed by atoms with Crippen molar-refractivity contribution in [3.05, 3.63) is 99.3 Å². The Kier molecular flexibility index (Phi) is 7.75. The summed E-state index contributed by atoms with van der Waals surface area (Å²) < 4.78 is 19.4. The summed E-state index contributed by atoms with van der Waals surface area (Å²) in [5, 5.41) is 10.3. The van der Waals surface area contributed by atoms with Crippen LogP contribution in [0.1, 0.15) is 30.9 Å². The summed E-state index contributed by atoms with van der Waals surface area (Å²) in [5.74, 6) is -5.49. The molecule has 11 heteroatoms. The number of rotatable bonds is 5. The Morgan fingerprint density at radius 3 is 2.33 bits per heavy atom. The van der Waals surface area contributed by atoms with Crippen LogP contribution in [0.15, 0.2) is 72.3 Å². The van der Waals surface area contributed by atoms with E-state index in [0.717, 1.165) is 22.1 Å². The summed E-state index contributed by atoms with van der Waals surface area (Å²) in [6.45, 7) is 3.58. The van der Waals surface area contributed by atoms with Gasteiger partial charge in [0.25, 0.3) is 0 Å². The predicted octanol–water partition coefficient (Wildman–Crippen LogP) is 7.14. The molecule has 8 nitrogen and oxygen atoms in total. The largest absolute Gasteiger partial charge is 0.504 e. The summed E-state index contributed by atoms with van der Waals surface area (Å²) >= 11 is 12.5. The van der Waals surface area contributed by atoms with Crippen LogP contribution in [-0.2, 0) is 19.2 Å². The Bertz CT molecular complexity index is 1990. The number of hydrogen-bond acceptors (Lipinski definition) is 6. The van der Waals surface area contributed by atoms with Crippen molar-refractivity contribution in [2.75, 3.05) is 16.9 Å². The summed E-state index contributed by atoms with van der Waals surface area (Å²) in [6.07, 6.45) is 6.04. The number of fused-ring (bicyclic) bond motifs is 4. The maximum atomic E-state index is 14.5. The van der Waals surface area contributed by atoms with Crippen molar-refractivity contribution in [2.45, 2.75) is 26.7 Å². The van der Waals surface area contributed by atoms with E-state index in [-0.39, 0.29) is 46.9 Å². The molecule has 3 aromatic carbocycles. The van der Waals surface area contributed by atoms with Crippen LogP contribution in [0, 0.1) is 47.7 Å². The van der Waals surface area contributed by atoms with Gasteiger partial charge in [0.15, 0.2) is 11.5 Å². The zero-order valence-electron chi connectivity index (χ0n) is 26.2. The van der Waals surface area contributed by atoms with E-state index in [9.17, 15) is 28.7 Å². The molecule has 0 aromatic heterocycles. The second-order valence-electron chi connectivity index (χ2n) is 13.0. The molecule has 4 amide bonds. The van der Waals surface area contributed by atoms with Crippen molar-refractivity contribution < 1.29 is 33.4 Å². The normalized spacial score (nSPS) is 28.1. The average molecular weight is 690 g/mol. The minimum absolute atomic E-state index is 0.0329. The molecule has 2 aliphatic heterocycles. The summed E-state index contributed by atoms with van der Waals surface area (Å²) in [4.78, 5) is 59.0. The topological polar surface area (TPSA) is 104 Å². The number of phenols is 1. The molecule has 2 heterocycles. The Morgan fingerprint density at radius 2 is 1.62 bits per heavy atom. The molecule has 3 fully saturated rings. The van der Waals surface area contributed by atoms with Crippen molar-refractivity contribution in [1.29, 1.82) is 0 Å². The first-order valence-electron chi connectivity index (χ1n) is 15.6. The van der Waals surface area contributed by atoms with Gasteiger partial charge in [-0.2, -0.15) is 0 Å². The first kappa shape index (κ1) is 32.1. The van der Waals surface area contributed by atoms with Crippen LogP contribution >= 0.6 is 23.2 Å². The molecule has 1 N–H and O–H groups in total. The number of methoxy groups -OCH3 is 1. The van der Waals surface area contributed by atoms with E-state index in [1.54, 1.807) is 43.3 Å². The Hall–Kier alpha value is -4.47. The highest BCUT2D eigenvalue weighted by Crippen LogP contribution is 2.61. The fourth-order valence-corrected chi connectivity index (χ4v) is 8.42. The second kappa shape index (κ2) is 11.6. The molecule has 246 valence electrons. The van der Waals surface area contributed by atoms with E-state index < -0.39 is 52.6 Å². The van der Waals surface area contributed by atoms with E-state index in [2.05, 4.69) is 0 Å². The molecule has 4 aliphatic rings. The Labute approximate surface area is 286 Å². The minimum Gasteiger partial charge on any atom is -0.504 e. The Balaban J connectivity index is 1.33. The molecule has 7 rings (SSSR count). The number of anilines is 2. The molecule has 2 saturated heterocycles. The molecule has 6 unspecified atom stereocenters. The lowest BCUT2D eigenvalue weighted by Gasteiger charge is -2.47. The van der Waals surface area contributed by atoms with Crippen molar-refractivity contribution in [2.24, 2.45) is 35.0 Å². The molecule has 0 bridgehead atoms. The molecular formula is C37H31Cl2FN2O6. The zero-order chi connectivity index (χ0) is 34.2. The molecular weight excluding hydrogens is 658 g/mol. The van der Waals surface area contributed by atoms with E-state index in [0.29, 0.717) is 16.3 Å². The van der Waals surface area contributed by atoms with Gasteiger partial charge in [0, 0.05) is 10.9 Å². The van der Waals surface area contributed by atoms with Crippen LogP contribution in [0.4, 0.5) is 15.8 Å². The SMILES string of the molecule is COc1cc(C=CC2C3=CCC4C(=O)N(c5ccc(C)c(Cl)c5)C(=O)C4C3CC3C(=O)N(c4ccc(F)c(Cl)c4)C(=O)C23C)ccc1O. The van der Waals surface area contributed by atoms with Crippen LogP contribution in [0.2, 0.25) is 10.0 Å². The van der Waals surface area contributed by atoms with Crippen LogP contribution in [0.3, 0.4) is 0 Å². The van der Waals surface area contributed by atoms with Crippen molar-refractivity contribution in [1.82, 2.24) is 0 Å². The number of carbonyl (C=O) groups is 4. The minimum atomic E-state index is -1.28. The number of benzene rings is 3. The highest BCUT2D eigenvalue weighted by Gasteiger charge is 2.67. The van der Waals surface area contributed by atoms with Gasteiger partial charge in [0.05, 0.1) is 46.7 Å². The third-order valence-corrected chi connectivity index (χ3v) is 11.3. The predicted molar refractivity (Wildman–Crippen MR) is 179 cm³/mol. The average Bonchev–Trinajstić information content (AvgIpc) is 3.43. The number of ether oxygens (including phenoxy) is 1. The number of imide groups is 2. The van der Waals surface area contributed by atoms with Gasteiger partial charge in [-0.15, -0.1) is 0 Å². The van der Waals surface area contributed by atoms with Gasteiger partial charge >= 0.3 is 0 Å². The monoisotopic (exact) mass is 688 g/mol. The zero-order valence-corrected chi connectivity index (χ0v) is 27.8. The van der Waals surface area contributed by atoms with Crippen LogP contribution in [0.25, 0.3) is 6.08 Å². The number of carbonyl (C=O) groups excluding carboxylic acids is 4. The van der Waals surface area contributed by atoms with Gasteiger partial charge in [0.2, 0.25) is 23.6 Å². The van der Waals surface area contributed by atoms with Crippen LogP contribution in [-0.4, -0.2) is 35.8 Å². The number of aryl methyl sites for hydroxylation is 1. The summed E-state index contributed by atoms with van der Waals surface area (Å²) in [5.41, 5.74) is 1.56. The third-order valence-electron chi connectivity index (χ3n) is 10.6. The maximum Gasteiger partial charge on any atom is 0.241 e. The number of amides is 4. The van der Waals surface area contributed by atoms with Crippen molar-refractivity contribution >= 4 is 64.3 Å². The number of allylic oxidation sites excluding steroid dienone is 3. The lowest BCUT2D eigenvalue weighted by molar-refractivity contribution is -0.132. The van der Waals surface area contributed by atoms with Gasteiger partial charge in [-0.1, -0.05) is 59.1 Å². The van der Waals surface area contributed by atoms with Crippen molar-refractivity contribution in [3.8, 4) is 11.5 Å². The maximum absolute atomic E-state index is 14.5. The molecule has 48 heavy (non-hydrogen) atoms. The van der Waals surface area contributed by atoms with Gasteiger partial charge in [-0.3, -0.25) is 19.2 Å². The smallest absolute Gasteiger partial charge is 0.241 e. The van der Waals surface area contributed by atoms with E-state index in [1.165, 1.54) is 30.2 Å². The number of aromatic hydroxyl groups is 1. The highest BCUT2D eigenvalue weighted by molar-refractivity contribution is 6.32. The molecule has 6 atom stereocenters. The number of nitrogens with zero attached hydrogens (tertiary/aromatic N) is 2. The molecule has 0 radical (unpaired) electrons. The molecule has 1 saturated carbocycles. The van der Waals surface area contributed by atoms with E-state index in [1.807, 2.05) is 19.1 Å². The highest BCUT2D eigenvalue weighted by atomic mass is 35.5. The van der Waals surface area contributed by atoms with Gasteiger partial charge in [-0.05, 0) is 86.2 Å². The fraction of sp³-hybridized carbons (Fsp3) is 0.297. The second-order valence-corrected chi connectivity index (χ2v) is 13.9. The lowest BCUT2D eigenvalue weighted by atomic mass is 9.52. The standard InChI is InChI=1S/C37H31Cl2FN2O6/c1-18-4-7-20(15-27(18)38)41-33(44)23-10-9-22-24(32(23)35(41)46)17-26-34(45)42(21-8-12-29(40)28(39)16-21)36(47)37(26,2)25(22)11-5-19-6-13-30(43)31(14-19)48-3/h4-9,11-16,23-26,32,43H,10,17H2,1-3H3. The van der Waals surface area contributed by atoms with Gasteiger partial charge in [-0.25, -0.2) is 14.2 Å². The molecule has 2 aliphatic carbocycles. The van der Waals surface area contributed by atoms with Crippen molar-refractivity contribution in [3.63, 3.8) is 0 Å². The molecule has 3 aromatic rings. The number of phenolic OH excluding ortho intramolecular Hbond substituents is 1. The Morgan fingerprint density at radius 1 is 0.917 bits per heavy atom.